The predicted molar refractivity (Wildman–Crippen MR) is 110 cm³/mol. The third kappa shape index (κ3) is 3.70. The number of aromatic carboxylic acids is 1. The van der Waals surface area contributed by atoms with Crippen LogP contribution in [-0.2, 0) is 4.79 Å². The van der Waals surface area contributed by atoms with Crippen molar-refractivity contribution in [2.24, 2.45) is 5.10 Å². The molecule has 32 heavy (non-hydrogen) atoms. The van der Waals surface area contributed by atoms with E-state index in [1.165, 1.54) is 56.5 Å². The summed E-state index contributed by atoms with van der Waals surface area (Å²) in [5, 5.41) is 25.1. The van der Waals surface area contributed by atoms with Gasteiger partial charge in [-0.2, -0.15) is 5.43 Å². The SMILES string of the molecule is COc1ccc(/C=N/NC2=[N+]=C3C(C(=O)N(C)C(=O)N3C)N2CCO)c(C(=O)[O-])c1OC. The molecule has 0 spiro atoms. The van der Waals surface area contributed by atoms with Gasteiger partial charge in [-0.15, -0.1) is 5.10 Å². The number of aliphatic hydroxyl groups excluding tert-OH is 1. The molecule has 1 saturated heterocycles. The van der Waals surface area contributed by atoms with Crippen LogP contribution in [0.4, 0.5) is 4.79 Å². The highest BCUT2D eigenvalue weighted by Crippen LogP contribution is 2.32. The highest BCUT2D eigenvalue weighted by atomic mass is 16.5. The van der Waals surface area contributed by atoms with E-state index in [4.69, 9.17) is 9.47 Å². The van der Waals surface area contributed by atoms with Crippen LogP contribution in [0.2, 0.25) is 0 Å². The second kappa shape index (κ2) is 8.96. The second-order valence-electron chi connectivity index (χ2n) is 6.77. The van der Waals surface area contributed by atoms with Crippen molar-refractivity contribution < 1.29 is 34.1 Å². The van der Waals surface area contributed by atoms with Crippen LogP contribution in [0, 0.1) is 0 Å². The van der Waals surface area contributed by atoms with E-state index in [0.717, 1.165) is 4.90 Å². The molecule has 0 aliphatic carbocycles. The maximum absolute atomic E-state index is 12.6. The standard InChI is InChI=1S/C19H22N6O7/c1-23-15-13(16(27)24(2)19(23)30)25(7-8-26)18(21-15)22-20-9-10-5-6-11(31-3)14(32-4)12(10)17(28)29/h5-6,9,13,26H,7-8H2,1-4H3,(H,28,29)/b20-9+. The molecule has 0 bridgehead atoms. The van der Waals surface area contributed by atoms with Crippen molar-refractivity contribution >= 4 is 35.9 Å². The van der Waals surface area contributed by atoms with Crippen LogP contribution in [0.5, 0.6) is 11.5 Å². The number of carbonyl (C=O) groups excluding carboxylic acids is 3. The van der Waals surface area contributed by atoms with Crippen molar-refractivity contribution in [1.29, 1.82) is 0 Å². The van der Waals surface area contributed by atoms with Gasteiger partial charge in [0.25, 0.3) is 5.91 Å². The van der Waals surface area contributed by atoms with Crippen molar-refractivity contribution in [1.82, 2.24) is 24.8 Å². The maximum Gasteiger partial charge on any atom is 0.421 e. The number of hydrazone groups is 1. The van der Waals surface area contributed by atoms with Gasteiger partial charge in [0.1, 0.15) is 0 Å². The summed E-state index contributed by atoms with van der Waals surface area (Å²) in [5.41, 5.74) is 2.55. The number of likely N-dealkylation sites (N-methyl/N-ethyl adjacent to an activating group) is 2. The number of carbonyl (C=O) groups is 3. The number of amidine groups is 1. The molecule has 1 unspecified atom stereocenters. The van der Waals surface area contributed by atoms with E-state index < -0.39 is 23.9 Å². The number of nitrogens with zero attached hydrogens (tertiary/aromatic N) is 5. The van der Waals surface area contributed by atoms with E-state index in [1.807, 2.05) is 0 Å². The Bertz CT molecular complexity index is 1060. The van der Waals surface area contributed by atoms with Gasteiger partial charge in [-0.3, -0.25) is 9.69 Å². The Morgan fingerprint density at radius 1 is 1.28 bits per heavy atom. The molecule has 3 rings (SSSR count). The smallest absolute Gasteiger partial charge is 0.421 e. The number of methoxy groups -OCH3 is 2. The first-order valence-corrected chi connectivity index (χ1v) is 9.40. The highest BCUT2D eigenvalue weighted by molar-refractivity contribution is 6.23. The number of urea groups is 1. The van der Waals surface area contributed by atoms with Crippen LogP contribution in [-0.4, -0.2) is 103 Å². The highest BCUT2D eigenvalue weighted by Gasteiger charge is 2.54. The number of rotatable bonds is 7. The Hall–Kier alpha value is -4.09. The summed E-state index contributed by atoms with van der Waals surface area (Å²) in [6.07, 6.45) is 1.21. The first-order chi connectivity index (χ1) is 15.3. The van der Waals surface area contributed by atoms with E-state index in [0.29, 0.717) is 0 Å². The van der Waals surface area contributed by atoms with E-state index in [2.05, 4.69) is 15.2 Å². The molecule has 2 N–H and O–H groups in total. The Labute approximate surface area is 182 Å². The molecule has 0 radical (unpaired) electrons. The van der Waals surface area contributed by atoms with Gasteiger partial charge in [0, 0.05) is 12.6 Å². The maximum atomic E-state index is 12.6. The van der Waals surface area contributed by atoms with Gasteiger partial charge in [0.2, 0.25) is 6.04 Å². The Balaban J connectivity index is 1.94. The molecular weight excluding hydrogens is 424 g/mol. The first-order valence-electron chi connectivity index (χ1n) is 9.40. The van der Waals surface area contributed by atoms with E-state index in [1.54, 1.807) is 0 Å². The number of imide groups is 1. The number of benzene rings is 1. The molecule has 1 aromatic carbocycles. The van der Waals surface area contributed by atoms with Crippen LogP contribution < -0.4 is 24.7 Å². The lowest BCUT2D eigenvalue weighted by Gasteiger charge is -2.31. The van der Waals surface area contributed by atoms with Crippen LogP contribution in [0.3, 0.4) is 0 Å². The van der Waals surface area contributed by atoms with Crippen molar-refractivity contribution in [3.8, 4) is 11.5 Å². The number of aliphatic hydroxyl groups is 1. The fourth-order valence-electron chi connectivity index (χ4n) is 3.45. The average molecular weight is 446 g/mol. The van der Waals surface area contributed by atoms with Crippen LogP contribution in [0.1, 0.15) is 15.9 Å². The number of amides is 3. The zero-order valence-corrected chi connectivity index (χ0v) is 17.9. The summed E-state index contributed by atoms with van der Waals surface area (Å²) in [7, 11) is 5.51. The lowest BCUT2D eigenvalue weighted by Crippen LogP contribution is -2.64. The number of carboxylic acids is 1. The number of fused-ring (bicyclic) bond motifs is 1. The molecule has 3 amide bonds. The molecule has 1 fully saturated rings. The van der Waals surface area contributed by atoms with Crippen LogP contribution in [0.15, 0.2) is 17.2 Å². The van der Waals surface area contributed by atoms with Crippen LogP contribution >= 0.6 is 0 Å². The van der Waals surface area contributed by atoms with Gasteiger partial charge in [0.15, 0.2) is 11.5 Å². The number of β-amino-alcohol motifs (C(OH)–C–C–N with tert-alkyl or cyclic N) is 1. The van der Waals surface area contributed by atoms with Crippen molar-refractivity contribution in [2.45, 2.75) is 6.04 Å². The summed E-state index contributed by atoms with van der Waals surface area (Å²) in [6, 6.07) is 1.52. The lowest BCUT2D eigenvalue weighted by molar-refractivity contribution is -0.255. The molecule has 2 aliphatic heterocycles. The molecule has 13 nitrogen and oxygen atoms in total. The molecule has 170 valence electrons. The number of ether oxygens (including phenoxy) is 2. The largest absolute Gasteiger partial charge is 0.545 e. The minimum Gasteiger partial charge on any atom is -0.545 e. The number of guanidine groups is 1. The van der Waals surface area contributed by atoms with Gasteiger partial charge < -0.3 is 24.5 Å². The van der Waals surface area contributed by atoms with Gasteiger partial charge in [-0.1, -0.05) is 0 Å². The molecule has 1 atom stereocenters. The molecule has 2 heterocycles. The zero-order valence-electron chi connectivity index (χ0n) is 17.9. The molecule has 2 aliphatic rings. The van der Waals surface area contributed by atoms with E-state index in [9.17, 15) is 24.6 Å². The minimum atomic E-state index is -1.49. The zero-order chi connectivity index (χ0) is 23.6. The molecule has 1 aromatic rings. The predicted octanol–water partition coefficient (Wildman–Crippen LogP) is -2.99. The fraction of sp³-hybridized carbons (Fsp3) is 0.368. The van der Waals surface area contributed by atoms with Gasteiger partial charge in [-0.25, -0.2) is 19.3 Å². The molecule has 13 heteroatoms. The minimum absolute atomic E-state index is 0.0214. The van der Waals surface area contributed by atoms with Crippen molar-refractivity contribution in [3.63, 3.8) is 0 Å². The topological polar surface area (TPSA) is 161 Å². The van der Waals surface area contributed by atoms with E-state index in [-0.39, 0.29) is 47.6 Å². The fourth-order valence-corrected chi connectivity index (χ4v) is 3.45. The molecular formula is C19H22N6O7. The van der Waals surface area contributed by atoms with Gasteiger partial charge >= 0.3 is 17.8 Å². The normalized spacial score (nSPS) is 18.0. The number of hydrogen-bond donors (Lipinski definition) is 2. The van der Waals surface area contributed by atoms with Gasteiger partial charge in [-0.05, 0) is 12.1 Å². The summed E-state index contributed by atoms with van der Waals surface area (Å²) in [5.74, 6) is -1.51. The average Bonchev–Trinajstić information content (AvgIpc) is 3.14. The summed E-state index contributed by atoms with van der Waals surface area (Å²) in [4.78, 5) is 40.2. The third-order valence-electron chi connectivity index (χ3n) is 5.02. The summed E-state index contributed by atoms with van der Waals surface area (Å²) in [6.45, 7) is -0.245. The van der Waals surface area contributed by atoms with Crippen LogP contribution in [0.25, 0.3) is 0 Å². The monoisotopic (exact) mass is 446 g/mol. The molecule has 0 aromatic heterocycles. The number of hydrogen-bond acceptors (Lipinski definition) is 10. The first kappa shape index (κ1) is 22.6. The second-order valence-corrected chi connectivity index (χ2v) is 6.77. The number of carboxylic acid groups (broad SMARTS) is 1. The Kier molecular flexibility index (Phi) is 6.32. The summed E-state index contributed by atoms with van der Waals surface area (Å²) < 4.78 is 14.5. The third-order valence-corrected chi connectivity index (χ3v) is 5.02. The van der Waals surface area contributed by atoms with E-state index >= 15 is 0 Å². The number of nitrogens with one attached hydrogen (secondary N) is 1. The molecule has 0 saturated carbocycles. The quantitative estimate of drug-likeness (QED) is 0.253. The van der Waals surface area contributed by atoms with Crippen molar-refractivity contribution in [3.05, 3.63) is 23.3 Å². The Morgan fingerprint density at radius 2 is 2.00 bits per heavy atom. The van der Waals surface area contributed by atoms with Crippen molar-refractivity contribution in [2.75, 3.05) is 41.5 Å². The van der Waals surface area contributed by atoms with Gasteiger partial charge in [0.05, 0.1) is 52.2 Å². The lowest BCUT2D eigenvalue weighted by atomic mass is 10.1. The summed E-state index contributed by atoms with van der Waals surface area (Å²) >= 11 is 0. The Morgan fingerprint density at radius 3 is 2.59 bits per heavy atom.